The molecule has 3 aromatic carbocycles. The van der Waals surface area contributed by atoms with Crippen molar-refractivity contribution in [2.75, 3.05) is 13.2 Å². The smallest absolute Gasteiger partial charge is 0.121 e. The van der Waals surface area contributed by atoms with Gasteiger partial charge in [0.2, 0.25) is 0 Å². The topological polar surface area (TPSA) is 38.7 Å². The Bertz CT molecular complexity index is 893. The summed E-state index contributed by atoms with van der Waals surface area (Å²) in [7, 11) is 0. The number of unbranched alkanes of at least 4 members (excludes halogenated alkanes) is 4. The third-order valence-electron chi connectivity index (χ3n) is 5.95. The van der Waals surface area contributed by atoms with Crippen LogP contribution >= 0.6 is 0 Å². The molecule has 3 heteroatoms. The SMILES string of the molecule is Oc1cccc(COCCCCCc2ccccc2)c1COCCCCCc1ccccc1. The van der Waals surface area contributed by atoms with Crippen LogP contribution in [0.2, 0.25) is 0 Å². The summed E-state index contributed by atoms with van der Waals surface area (Å²) in [4.78, 5) is 0. The molecule has 0 amide bonds. The molecule has 176 valence electrons. The first kappa shape index (κ1) is 25.0. The molecule has 0 saturated carbocycles. The summed E-state index contributed by atoms with van der Waals surface area (Å²) in [5.74, 6) is 0.294. The van der Waals surface area contributed by atoms with E-state index in [4.69, 9.17) is 9.47 Å². The van der Waals surface area contributed by atoms with Crippen LogP contribution in [0.4, 0.5) is 0 Å². The van der Waals surface area contributed by atoms with Gasteiger partial charge >= 0.3 is 0 Å². The van der Waals surface area contributed by atoms with Gasteiger partial charge in [0.1, 0.15) is 5.75 Å². The summed E-state index contributed by atoms with van der Waals surface area (Å²) in [6.07, 6.45) is 9.01. The lowest BCUT2D eigenvalue weighted by molar-refractivity contribution is 0.102. The van der Waals surface area contributed by atoms with Crippen LogP contribution in [0.1, 0.15) is 60.8 Å². The minimum absolute atomic E-state index is 0.294. The molecule has 33 heavy (non-hydrogen) atoms. The highest BCUT2D eigenvalue weighted by molar-refractivity contribution is 5.38. The van der Waals surface area contributed by atoms with Gasteiger partial charge in [-0.15, -0.1) is 0 Å². The van der Waals surface area contributed by atoms with Crippen molar-refractivity contribution in [3.8, 4) is 5.75 Å². The average Bonchev–Trinajstić information content (AvgIpc) is 2.85. The minimum Gasteiger partial charge on any atom is -0.508 e. The highest BCUT2D eigenvalue weighted by Gasteiger charge is 2.08. The van der Waals surface area contributed by atoms with Crippen molar-refractivity contribution in [3.63, 3.8) is 0 Å². The standard InChI is InChI=1S/C30H38O3/c31-30-21-13-20-28(24-32-22-11-3-9-18-26-14-5-1-6-15-26)29(30)25-33-23-12-4-10-19-27-16-7-2-8-17-27/h1-2,5-8,13-17,20-21,31H,3-4,9-12,18-19,22-25H2. The monoisotopic (exact) mass is 446 g/mol. The summed E-state index contributed by atoms with van der Waals surface area (Å²) in [6, 6.07) is 26.9. The van der Waals surface area contributed by atoms with E-state index in [9.17, 15) is 5.11 Å². The fourth-order valence-corrected chi connectivity index (χ4v) is 3.99. The summed E-state index contributed by atoms with van der Waals surface area (Å²) in [5, 5.41) is 10.3. The Balaban J connectivity index is 1.27. The molecule has 0 unspecified atom stereocenters. The first-order chi connectivity index (χ1) is 16.3. The number of phenols is 1. The van der Waals surface area contributed by atoms with Gasteiger partial charge in [-0.05, 0) is 61.3 Å². The lowest BCUT2D eigenvalue weighted by atomic mass is 10.1. The van der Waals surface area contributed by atoms with Crippen LogP contribution in [0.25, 0.3) is 0 Å². The van der Waals surface area contributed by atoms with E-state index in [-0.39, 0.29) is 0 Å². The molecule has 0 aliphatic carbocycles. The molecule has 1 N–H and O–H groups in total. The van der Waals surface area contributed by atoms with Gasteiger partial charge in [-0.2, -0.15) is 0 Å². The zero-order chi connectivity index (χ0) is 23.0. The molecule has 3 rings (SSSR count). The van der Waals surface area contributed by atoms with E-state index in [1.807, 2.05) is 12.1 Å². The predicted octanol–water partition coefficient (Wildman–Crippen LogP) is 7.25. The molecule has 0 fully saturated rings. The van der Waals surface area contributed by atoms with Gasteiger partial charge in [-0.1, -0.05) is 85.6 Å². The molecule has 0 saturated heterocycles. The maximum absolute atomic E-state index is 10.3. The third-order valence-corrected chi connectivity index (χ3v) is 5.95. The number of hydrogen-bond donors (Lipinski definition) is 1. The molecule has 0 heterocycles. The molecule has 0 atom stereocenters. The van der Waals surface area contributed by atoms with Crippen LogP contribution in [0.15, 0.2) is 78.9 Å². The van der Waals surface area contributed by atoms with E-state index in [0.29, 0.717) is 25.6 Å². The Labute approximate surface area is 199 Å². The fraction of sp³-hybridized carbons (Fsp3) is 0.400. The fourth-order valence-electron chi connectivity index (χ4n) is 3.99. The normalized spacial score (nSPS) is 11.0. The van der Waals surface area contributed by atoms with Gasteiger partial charge in [0, 0.05) is 18.8 Å². The number of aryl methyl sites for hydroxylation is 2. The molecule has 0 radical (unpaired) electrons. The molecule has 0 aliphatic rings. The van der Waals surface area contributed by atoms with E-state index < -0.39 is 0 Å². The summed E-state index contributed by atoms with van der Waals surface area (Å²) >= 11 is 0. The van der Waals surface area contributed by atoms with E-state index in [2.05, 4.69) is 60.7 Å². The maximum atomic E-state index is 10.3. The van der Waals surface area contributed by atoms with Gasteiger partial charge < -0.3 is 14.6 Å². The van der Waals surface area contributed by atoms with E-state index >= 15 is 0 Å². The zero-order valence-electron chi connectivity index (χ0n) is 19.8. The summed E-state index contributed by atoms with van der Waals surface area (Å²) in [5.41, 5.74) is 4.67. The van der Waals surface area contributed by atoms with Crippen molar-refractivity contribution in [1.29, 1.82) is 0 Å². The molecule has 0 bridgehead atoms. The van der Waals surface area contributed by atoms with E-state index in [0.717, 1.165) is 56.3 Å². The lowest BCUT2D eigenvalue weighted by Crippen LogP contribution is -2.03. The number of ether oxygens (including phenoxy) is 2. The number of aromatic hydroxyl groups is 1. The Morgan fingerprint density at radius 3 is 1.64 bits per heavy atom. The second-order valence-electron chi connectivity index (χ2n) is 8.61. The van der Waals surface area contributed by atoms with Crippen molar-refractivity contribution in [1.82, 2.24) is 0 Å². The van der Waals surface area contributed by atoms with Crippen molar-refractivity contribution < 1.29 is 14.6 Å². The van der Waals surface area contributed by atoms with Crippen molar-refractivity contribution in [2.24, 2.45) is 0 Å². The van der Waals surface area contributed by atoms with E-state index in [1.165, 1.54) is 24.0 Å². The number of rotatable bonds is 16. The van der Waals surface area contributed by atoms with Crippen LogP contribution in [0.5, 0.6) is 5.75 Å². The number of hydrogen-bond acceptors (Lipinski definition) is 3. The van der Waals surface area contributed by atoms with Crippen LogP contribution in [0, 0.1) is 0 Å². The predicted molar refractivity (Wildman–Crippen MR) is 135 cm³/mol. The number of phenolic OH excluding ortho intramolecular Hbond substituents is 1. The zero-order valence-corrected chi connectivity index (χ0v) is 19.8. The van der Waals surface area contributed by atoms with Gasteiger partial charge in [-0.3, -0.25) is 0 Å². The third kappa shape index (κ3) is 9.81. The molecular formula is C30H38O3. The molecular weight excluding hydrogens is 408 g/mol. The molecule has 3 aromatic rings. The largest absolute Gasteiger partial charge is 0.508 e. The van der Waals surface area contributed by atoms with Crippen molar-refractivity contribution in [2.45, 2.75) is 64.6 Å². The quantitative estimate of drug-likeness (QED) is 0.235. The molecule has 3 nitrogen and oxygen atoms in total. The van der Waals surface area contributed by atoms with Crippen LogP contribution in [0.3, 0.4) is 0 Å². The lowest BCUT2D eigenvalue weighted by Gasteiger charge is -2.13. The first-order valence-corrected chi connectivity index (χ1v) is 12.4. The maximum Gasteiger partial charge on any atom is 0.121 e. The van der Waals surface area contributed by atoms with Gasteiger partial charge in [0.25, 0.3) is 0 Å². The highest BCUT2D eigenvalue weighted by atomic mass is 16.5. The first-order valence-electron chi connectivity index (χ1n) is 12.4. The second-order valence-corrected chi connectivity index (χ2v) is 8.61. The van der Waals surface area contributed by atoms with Gasteiger partial charge in [0.15, 0.2) is 0 Å². The van der Waals surface area contributed by atoms with Crippen LogP contribution in [-0.4, -0.2) is 18.3 Å². The Morgan fingerprint density at radius 1 is 0.515 bits per heavy atom. The van der Waals surface area contributed by atoms with Gasteiger partial charge in [0.05, 0.1) is 13.2 Å². The van der Waals surface area contributed by atoms with E-state index in [1.54, 1.807) is 6.07 Å². The average molecular weight is 447 g/mol. The Kier molecular flexibility index (Phi) is 11.6. The Hall–Kier alpha value is -2.62. The molecule has 0 spiro atoms. The molecule has 0 aliphatic heterocycles. The number of benzene rings is 3. The molecule has 0 aromatic heterocycles. The minimum atomic E-state index is 0.294. The van der Waals surface area contributed by atoms with Crippen LogP contribution < -0.4 is 0 Å². The van der Waals surface area contributed by atoms with Crippen LogP contribution in [-0.2, 0) is 35.5 Å². The van der Waals surface area contributed by atoms with Gasteiger partial charge in [-0.25, -0.2) is 0 Å². The highest BCUT2D eigenvalue weighted by Crippen LogP contribution is 2.23. The Morgan fingerprint density at radius 2 is 1.06 bits per heavy atom. The van der Waals surface area contributed by atoms with Crippen molar-refractivity contribution in [3.05, 3.63) is 101 Å². The van der Waals surface area contributed by atoms with Crippen molar-refractivity contribution >= 4 is 0 Å². The second kappa shape index (κ2) is 15.3. The summed E-state index contributed by atoms with van der Waals surface area (Å²) in [6.45, 7) is 2.40. The summed E-state index contributed by atoms with van der Waals surface area (Å²) < 4.78 is 11.8.